The molecule has 2 aromatic rings. The molecule has 1 aromatic carbocycles. The molecule has 1 aromatic heterocycles. The molecule has 9 heteroatoms. The lowest BCUT2D eigenvalue weighted by Crippen LogP contribution is -2.37. The van der Waals surface area contributed by atoms with Crippen LogP contribution in [-0.2, 0) is 15.3 Å². The number of non-ortho nitro benzene ring substituents is 1. The molecule has 142 valence electrons. The molecule has 27 heavy (non-hydrogen) atoms. The predicted molar refractivity (Wildman–Crippen MR) is 109 cm³/mol. The van der Waals surface area contributed by atoms with E-state index in [1.165, 1.54) is 29.8 Å². The number of carbonyl (C=O) groups is 2. The van der Waals surface area contributed by atoms with Crippen LogP contribution >= 0.6 is 23.1 Å². The van der Waals surface area contributed by atoms with Gasteiger partial charge in [-0.1, -0.05) is 0 Å². The van der Waals surface area contributed by atoms with Crippen LogP contribution in [-0.4, -0.2) is 35.6 Å². The first-order chi connectivity index (χ1) is 13.0. The topological polar surface area (TPSA) is 101 Å². The molecule has 0 bridgehead atoms. The number of nitrogens with one attached hydrogen (secondary N) is 2. The lowest BCUT2D eigenvalue weighted by molar-refractivity contribution is -0.384. The SMILES string of the molecule is O=C(C=Cc1ccc([N+](=O)[O-])cc1)NCC(=O)NCCSCc1ccsc1. The largest absolute Gasteiger partial charge is 0.354 e. The Morgan fingerprint density at radius 2 is 1.96 bits per heavy atom. The maximum Gasteiger partial charge on any atom is 0.269 e. The lowest BCUT2D eigenvalue weighted by atomic mass is 10.2. The summed E-state index contributed by atoms with van der Waals surface area (Å²) in [6, 6.07) is 7.89. The number of nitrogens with zero attached hydrogens (tertiary/aromatic N) is 1. The Labute approximate surface area is 165 Å². The molecule has 2 rings (SSSR count). The van der Waals surface area contributed by atoms with Gasteiger partial charge in [-0.2, -0.15) is 23.1 Å². The lowest BCUT2D eigenvalue weighted by Gasteiger charge is -2.05. The standard InChI is InChI=1S/C18H19N3O4S2/c22-17(6-3-14-1-4-16(5-2-14)21(24)25)20-11-18(23)19-8-10-27-13-15-7-9-26-12-15/h1-7,9,12H,8,10-11,13H2,(H,19,23)(H,20,22). The fourth-order valence-corrected chi connectivity index (χ4v) is 3.58. The van der Waals surface area contributed by atoms with Gasteiger partial charge in [0.25, 0.3) is 5.69 Å². The van der Waals surface area contributed by atoms with E-state index in [4.69, 9.17) is 0 Å². The molecule has 0 aliphatic carbocycles. The van der Waals surface area contributed by atoms with E-state index >= 15 is 0 Å². The fourth-order valence-electron chi connectivity index (χ4n) is 2.00. The van der Waals surface area contributed by atoms with E-state index in [0.29, 0.717) is 12.1 Å². The quantitative estimate of drug-likeness (QED) is 0.274. The maximum absolute atomic E-state index is 11.7. The van der Waals surface area contributed by atoms with E-state index in [-0.39, 0.29) is 18.1 Å². The van der Waals surface area contributed by atoms with Crippen LogP contribution in [0.1, 0.15) is 11.1 Å². The number of thiophene rings is 1. The number of hydrogen-bond acceptors (Lipinski definition) is 6. The monoisotopic (exact) mass is 405 g/mol. The highest BCUT2D eigenvalue weighted by molar-refractivity contribution is 7.98. The Bertz CT molecular complexity index is 789. The average molecular weight is 406 g/mol. The third kappa shape index (κ3) is 8.06. The molecular weight excluding hydrogens is 386 g/mol. The van der Waals surface area contributed by atoms with Crippen LogP contribution in [0.3, 0.4) is 0 Å². The van der Waals surface area contributed by atoms with E-state index in [1.54, 1.807) is 35.2 Å². The third-order valence-electron chi connectivity index (χ3n) is 3.37. The van der Waals surface area contributed by atoms with E-state index in [2.05, 4.69) is 22.1 Å². The average Bonchev–Trinajstić information content (AvgIpc) is 3.18. The Morgan fingerprint density at radius 1 is 1.19 bits per heavy atom. The summed E-state index contributed by atoms with van der Waals surface area (Å²) in [5.41, 5.74) is 1.92. The van der Waals surface area contributed by atoms with Gasteiger partial charge in [-0.15, -0.1) is 0 Å². The highest BCUT2D eigenvalue weighted by Crippen LogP contribution is 2.14. The molecule has 2 N–H and O–H groups in total. The highest BCUT2D eigenvalue weighted by Gasteiger charge is 2.04. The molecule has 0 saturated heterocycles. The number of thioether (sulfide) groups is 1. The third-order valence-corrected chi connectivity index (χ3v) is 5.13. The number of nitro groups is 1. The van der Waals surface area contributed by atoms with E-state index in [1.807, 2.05) is 5.38 Å². The molecule has 2 amide bonds. The summed E-state index contributed by atoms with van der Waals surface area (Å²) in [7, 11) is 0. The summed E-state index contributed by atoms with van der Waals surface area (Å²) in [4.78, 5) is 33.5. The van der Waals surface area contributed by atoms with Crippen molar-refractivity contribution in [2.45, 2.75) is 5.75 Å². The normalized spacial score (nSPS) is 10.7. The highest BCUT2D eigenvalue weighted by atomic mass is 32.2. The fraction of sp³-hybridized carbons (Fsp3) is 0.222. The Hall–Kier alpha value is -2.65. The zero-order chi connectivity index (χ0) is 19.5. The smallest absolute Gasteiger partial charge is 0.269 e. The zero-order valence-electron chi connectivity index (χ0n) is 14.4. The molecule has 0 unspecified atom stereocenters. The first-order valence-electron chi connectivity index (χ1n) is 8.10. The van der Waals surface area contributed by atoms with Crippen LogP contribution in [0.4, 0.5) is 5.69 Å². The van der Waals surface area contributed by atoms with Crippen molar-refractivity contribution in [1.29, 1.82) is 0 Å². The second-order valence-corrected chi connectivity index (χ2v) is 7.32. The number of nitro benzene ring substituents is 1. The minimum Gasteiger partial charge on any atom is -0.354 e. The predicted octanol–water partition coefficient (Wildman–Crippen LogP) is 2.84. The first kappa shape index (κ1) is 20.7. The first-order valence-corrected chi connectivity index (χ1v) is 10.2. The molecule has 0 aliphatic heterocycles. The van der Waals surface area contributed by atoms with E-state index in [9.17, 15) is 19.7 Å². The molecule has 0 spiro atoms. The Morgan fingerprint density at radius 3 is 2.63 bits per heavy atom. The van der Waals surface area contributed by atoms with Gasteiger partial charge in [0.05, 0.1) is 11.5 Å². The summed E-state index contributed by atoms with van der Waals surface area (Å²) in [5.74, 6) is 1.07. The van der Waals surface area contributed by atoms with Gasteiger partial charge in [-0.3, -0.25) is 19.7 Å². The van der Waals surface area contributed by atoms with Crippen molar-refractivity contribution in [3.63, 3.8) is 0 Å². The van der Waals surface area contributed by atoms with Gasteiger partial charge in [-0.05, 0) is 46.2 Å². The number of carbonyl (C=O) groups excluding carboxylic acids is 2. The van der Waals surface area contributed by atoms with Crippen LogP contribution in [0.15, 0.2) is 47.2 Å². The zero-order valence-corrected chi connectivity index (χ0v) is 16.1. The summed E-state index contributed by atoms with van der Waals surface area (Å²) in [6.07, 6.45) is 2.81. The second kappa shape index (κ2) is 11.1. The molecule has 0 saturated carbocycles. The Kier molecular flexibility index (Phi) is 8.53. The van der Waals surface area contributed by atoms with Crippen LogP contribution in [0.5, 0.6) is 0 Å². The van der Waals surface area contributed by atoms with Crippen molar-refractivity contribution in [3.05, 3.63) is 68.4 Å². The van der Waals surface area contributed by atoms with Crippen LogP contribution in [0, 0.1) is 10.1 Å². The minimum atomic E-state index is -0.487. The van der Waals surface area contributed by atoms with Gasteiger partial charge in [0.15, 0.2) is 0 Å². The van der Waals surface area contributed by atoms with Gasteiger partial charge >= 0.3 is 0 Å². The van der Waals surface area contributed by atoms with Crippen molar-refractivity contribution in [1.82, 2.24) is 10.6 Å². The van der Waals surface area contributed by atoms with E-state index < -0.39 is 10.8 Å². The molecule has 7 nitrogen and oxygen atoms in total. The molecular formula is C18H19N3O4S2. The summed E-state index contributed by atoms with van der Waals surface area (Å²) >= 11 is 3.40. The minimum absolute atomic E-state index is 0.0123. The molecule has 1 heterocycles. The number of hydrogen-bond donors (Lipinski definition) is 2. The summed E-state index contributed by atoms with van der Waals surface area (Å²) in [6.45, 7) is 0.445. The molecule has 0 aliphatic rings. The van der Waals surface area contributed by atoms with Crippen LogP contribution in [0.2, 0.25) is 0 Å². The van der Waals surface area contributed by atoms with Crippen molar-refractivity contribution in [3.8, 4) is 0 Å². The second-order valence-electron chi connectivity index (χ2n) is 5.43. The van der Waals surface area contributed by atoms with Gasteiger partial charge in [0, 0.05) is 36.3 Å². The van der Waals surface area contributed by atoms with Crippen molar-refractivity contribution in [2.24, 2.45) is 0 Å². The summed E-state index contributed by atoms with van der Waals surface area (Å²) in [5, 5.41) is 20.0. The van der Waals surface area contributed by atoms with Gasteiger partial charge in [0.2, 0.25) is 11.8 Å². The van der Waals surface area contributed by atoms with Gasteiger partial charge in [-0.25, -0.2) is 0 Å². The number of amides is 2. The molecule has 0 fully saturated rings. The van der Waals surface area contributed by atoms with Crippen LogP contribution in [0.25, 0.3) is 6.08 Å². The number of rotatable bonds is 10. The number of benzene rings is 1. The maximum atomic E-state index is 11.7. The van der Waals surface area contributed by atoms with Gasteiger partial charge < -0.3 is 10.6 Å². The molecule has 0 radical (unpaired) electrons. The summed E-state index contributed by atoms with van der Waals surface area (Å²) < 4.78 is 0. The molecule has 0 atom stereocenters. The van der Waals surface area contributed by atoms with Crippen molar-refractivity contribution >= 4 is 46.7 Å². The van der Waals surface area contributed by atoms with E-state index in [0.717, 1.165) is 11.5 Å². The van der Waals surface area contributed by atoms with Crippen molar-refractivity contribution < 1.29 is 14.5 Å². The van der Waals surface area contributed by atoms with Gasteiger partial charge in [0.1, 0.15) is 0 Å². The van der Waals surface area contributed by atoms with Crippen LogP contribution < -0.4 is 10.6 Å². The van der Waals surface area contributed by atoms with Crippen molar-refractivity contribution in [2.75, 3.05) is 18.8 Å². The Balaban J connectivity index is 1.59.